The Kier molecular flexibility index (Phi) is 7.20. The smallest absolute Gasteiger partial charge is 0.343 e. The second-order valence-corrected chi connectivity index (χ2v) is 7.88. The first-order chi connectivity index (χ1) is 16.5. The monoisotopic (exact) mass is 472 g/mol. The number of aryl methyl sites for hydroxylation is 1. The lowest BCUT2D eigenvalue weighted by Gasteiger charge is -2.11. The molecule has 0 saturated heterocycles. The average molecular weight is 473 g/mol. The number of fused-ring (bicyclic) bond motifs is 1. The second-order valence-electron chi connectivity index (χ2n) is 7.44. The Labute approximate surface area is 201 Å². The van der Waals surface area contributed by atoms with E-state index in [1.54, 1.807) is 36.4 Å². The summed E-state index contributed by atoms with van der Waals surface area (Å²) >= 11 is 5.90. The molecule has 0 aliphatic rings. The molecular weight excluding hydrogens is 452 g/mol. The molecule has 4 aromatic carbocycles. The standard InChI is InChI=1S/C27H21ClN2O4/c1-18-6-2-5-9-24(18)33-17-26(31)30-29-16-23-22-8-4-3-7-19(22)12-15-25(23)34-27(32)20-10-13-21(28)14-11-20/h2-16H,17H2,1H3,(H,30,31)/b29-16-. The number of nitrogens with one attached hydrogen (secondary N) is 1. The third kappa shape index (κ3) is 5.60. The van der Waals surface area contributed by atoms with Crippen molar-refractivity contribution in [2.45, 2.75) is 6.92 Å². The number of ether oxygens (including phenoxy) is 2. The van der Waals surface area contributed by atoms with Crippen LogP contribution >= 0.6 is 11.6 Å². The molecule has 0 bridgehead atoms. The van der Waals surface area contributed by atoms with Gasteiger partial charge in [-0.2, -0.15) is 5.10 Å². The number of rotatable bonds is 7. The predicted octanol–water partition coefficient (Wildman–Crippen LogP) is 5.55. The number of para-hydroxylation sites is 1. The summed E-state index contributed by atoms with van der Waals surface area (Å²) in [7, 11) is 0. The van der Waals surface area contributed by atoms with Crippen LogP contribution < -0.4 is 14.9 Å². The molecule has 4 rings (SSSR count). The van der Waals surface area contributed by atoms with E-state index in [-0.39, 0.29) is 6.61 Å². The van der Waals surface area contributed by atoms with Crippen LogP contribution in [0.5, 0.6) is 11.5 Å². The highest BCUT2D eigenvalue weighted by molar-refractivity contribution is 6.30. The van der Waals surface area contributed by atoms with Gasteiger partial charge >= 0.3 is 5.97 Å². The van der Waals surface area contributed by atoms with Gasteiger partial charge in [0.25, 0.3) is 5.91 Å². The molecule has 1 amide bonds. The summed E-state index contributed by atoms with van der Waals surface area (Å²) in [6.45, 7) is 1.72. The van der Waals surface area contributed by atoms with Gasteiger partial charge in [-0.1, -0.05) is 60.1 Å². The van der Waals surface area contributed by atoms with E-state index in [0.717, 1.165) is 16.3 Å². The zero-order chi connectivity index (χ0) is 23.9. The van der Waals surface area contributed by atoms with Gasteiger partial charge in [0.2, 0.25) is 0 Å². The maximum Gasteiger partial charge on any atom is 0.343 e. The lowest BCUT2D eigenvalue weighted by molar-refractivity contribution is -0.123. The molecule has 0 aliphatic carbocycles. The minimum absolute atomic E-state index is 0.184. The van der Waals surface area contributed by atoms with Gasteiger partial charge in [-0.25, -0.2) is 10.2 Å². The number of halogens is 1. The van der Waals surface area contributed by atoms with E-state index in [9.17, 15) is 9.59 Å². The summed E-state index contributed by atoms with van der Waals surface area (Å²) in [5.41, 5.74) is 4.31. The van der Waals surface area contributed by atoms with E-state index in [1.165, 1.54) is 6.21 Å². The largest absolute Gasteiger partial charge is 0.483 e. The molecule has 0 unspecified atom stereocenters. The number of hydrogen-bond acceptors (Lipinski definition) is 5. The molecule has 7 heteroatoms. The lowest BCUT2D eigenvalue weighted by atomic mass is 10.0. The molecule has 0 saturated carbocycles. The Morgan fingerprint density at radius 1 is 0.912 bits per heavy atom. The molecule has 6 nitrogen and oxygen atoms in total. The van der Waals surface area contributed by atoms with Gasteiger partial charge in [-0.15, -0.1) is 0 Å². The van der Waals surface area contributed by atoms with E-state index in [2.05, 4.69) is 10.5 Å². The highest BCUT2D eigenvalue weighted by Gasteiger charge is 2.14. The zero-order valence-electron chi connectivity index (χ0n) is 18.3. The van der Waals surface area contributed by atoms with Crippen LogP contribution in [0.1, 0.15) is 21.5 Å². The summed E-state index contributed by atoms with van der Waals surface area (Å²) in [5.74, 6) is -0.00314. The van der Waals surface area contributed by atoms with E-state index < -0.39 is 11.9 Å². The molecule has 0 fully saturated rings. The SMILES string of the molecule is Cc1ccccc1OCC(=O)N/N=C\c1c(OC(=O)c2ccc(Cl)cc2)ccc2ccccc12. The minimum atomic E-state index is -0.530. The van der Waals surface area contributed by atoms with Gasteiger partial charge in [0, 0.05) is 10.6 Å². The van der Waals surface area contributed by atoms with Crippen molar-refractivity contribution in [3.8, 4) is 11.5 Å². The first-order valence-corrected chi connectivity index (χ1v) is 10.9. The van der Waals surface area contributed by atoms with E-state index in [1.807, 2.05) is 55.5 Å². The van der Waals surface area contributed by atoms with Crippen molar-refractivity contribution in [2.24, 2.45) is 5.10 Å². The van der Waals surface area contributed by atoms with Crippen LogP contribution in [0, 0.1) is 6.92 Å². The van der Waals surface area contributed by atoms with Crippen LogP contribution in [0.25, 0.3) is 10.8 Å². The van der Waals surface area contributed by atoms with Crippen molar-refractivity contribution in [1.82, 2.24) is 5.43 Å². The number of amides is 1. The third-order valence-corrected chi connectivity index (χ3v) is 5.30. The Morgan fingerprint density at radius 3 is 2.44 bits per heavy atom. The molecule has 0 atom stereocenters. The Hall–Kier alpha value is -4.16. The van der Waals surface area contributed by atoms with E-state index in [4.69, 9.17) is 21.1 Å². The Bertz CT molecular complexity index is 1370. The predicted molar refractivity (Wildman–Crippen MR) is 133 cm³/mol. The molecular formula is C27H21ClN2O4. The molecule has 4 aromatic rings. The highest BCUT2D eigenvalue weighted by atomic mass is 35.5. The number of hydrazone groups is 1. The van der Waals surface area contributed by atoms with Crippen molar-refractivity contribution in [3.63, 3.8) is 0 Å². The van der Waals surface area contributed by atoms with E-state index >= 15 is 0 Å². The van der Waals surface area contributed by atoms with Crippen LogP contribution in [0.4, 0.5) is 0 Å². The molecule has 1 N–H and O–H groups in total. The average Bonchev–Trinajstić information content (AvgIpc) is 2.85. The van der Waals surface area contributed by atoms with Crippen LogP contribution in [-0.4, -0.2) is 24.7 Å². The maximum atomic E-state index is 12.6. The fourth-order valence-corrected chi connectivity index (χ4v) is 3.43. The Balaban J connectivity index is 1.51. The number of esters is 1. The second kappa shape index (κ2) is 10.6. The zero-order valence-corrected chi connectivity index (χ0v) is 19.1. The fraction of sp³-hybridized carbons (Fsp3) is 0.0741. The topological polar surface area (TPSA) is 77.0 Å². The van der Waals surface area contributed by atoms with Crippen molar-refractivity contribution in [2.75, 3.05) is 6.61 Å². The molecule has 0 aromatic heterocycles. The number of benzene rings is 4. The summed E-state index contributed by atoms with van der Waals surface area (Å²) in [5, 5.41) is 6.34. The van der Waals surface area contributed by atoms with Gasteiger partial charge in [-0.3, -0.25) is 4.79 Å². The molecule has 34 heavy (non-hydrogen) atoms. The number of nitrogens with zero attached hydrogens (tertiary/aromatic N) is 1. The van der Waals surface area contributed by atoms with Crippen LogP contribution in [0.2, 0.25) is 5.02 Å². The van der Waals surface area contributed by atoms with Crippen LogP contribution in [0.3, 0.4) is 0 Å². The summed E-state index contributed by atoms with van der Waals surface area (Å²) in [6, 6.07) is 25.0. The van der Waals surface area contributed by atoms with Gasteiger partial charge in [0.15, 0.2) is 6.61 Å². The van der Waals surface area contributed by atoms with Crippen LogP contribution in [-0.2, 0) is 4.79 Å². The van der Waals surface area contributed by atoms with Crippen molar-refractivity contribution >= 4 is 40.5 Å². The first-order valence-electron chi connectivity index (χ1n) is 10.5. The van der Waals surface area contributed by atoms with Gasteiger partial charge < -0.3 is 9.47 Å². The number of carbonyl (C=O) groups is 2. The summed E-state index contributed by atoms with van der Waals surface area (Å²) in [4.78, 5) is 24.9. The van der Waals surface area contributed by atoms with E-state index in [0.29, 0.717) is 27.6 Å². The minimum Gasteiger partial charge on any atom is -0.483 e. The quantitative estimate of drug-likeness (QED) is 0.165. The maximum absolute atomic E-state index is 12.6. The number of hydrogen-bond donors (Lipinski definition) is 1. The molecule has 0 heterocycles. The Morgan fingerprint density at radius 2 is 1.65 bits per heavy atom. The summed E-state index contributed by atoms with van der Waals surface area (Å²) < 4.78 is 11.2. The van der Waals surface area contributed by atoms with Crippen molar-refractivity contribution in [3.05, 3.63) is 107 Å². The van der Waals surface area contributed by atoms with Gasteiger partial charge in [0.05, 0.1) is 11.8 Å². The molecule has 0 aliphatic heterocycles. The fourth-order valence-electron chi connectivity index (χ4n) is 3.31. The molecule has 170 valence electrons. The summed E-state index contributed by atoms with van der Waals surface area (Å²) in [6.07, 6.45) is 1.46. The van der Waals surface area contributed by atoms with Gasteiger partial charge in [0.1, 0.15) is 11.5 Å². The molecule has 0 spiro atoms. The normalized spacial score (nSPS) is 10.9. The lowest BCUT2D eigenvalue weighted by Crippen LogP contribution is -2.24. The highest BCUT2D eigenvalue weighted by Crippen LogP contribution is 2.27. The van der Waals surface area contributed by atoms with Crippen molar-refractivity contribution in [1.29, 1.82) is 0 Å². The third-order valence-electron chi connectivity index (χ3n) is 5.05. The molecule has 0 radical (unpaired) electrons. The first kappa shape index (κ1) is 23.0. The van der Waals surface area contributed by atoms with Crippen LogP contribution in [0.15, 0.2) is 90.0 Å². The van der Waals surface area contributed by atoms with Gasteiger partial charge in [-0.05, 0) is 59.7 Å². The van der Waals surface area contributed by atoms with Crippen molar-refractivity contribution < 1.29 is 19.1 Å². The number of carbonyl (C=O) groups excluding carboxylic acids is 2.